The van der Waals surface area contributed by atoms with E-state index < -0.39 is 5.97 Å². The first-order valence-electron chi connectivity index (χ1n) is 9.07. The van der Waals surface area contributed by atoms with Gasteiger partial charge in [0.2, 0.25) is 5.91 Å². The molecule has 0 atom stereocenters. The lowest BCUT2D eigenvalue weighted by atomic mass is 10.0. The molecule has 0 radical (unpaired) electrons. The van der Waals surface area contributed by atoms with Gasteiger partial charge < -0.3 is 19.1 Å². The number of carbonyl (C=O) groups excluding carboxylic acids is 2. The number of esters is 1. The molecule has 0 aliphatic carbocycles. The molecule has 0 aromatic heterocycles. The third-order valence-electron chi connectivity index (χ3n) is 4.55. The molecular weight excluding hydrogens is 358 g/mol. The number of hydrogen-bond acceptors (Lipinski definition) is 5. The number of nitrogens with zero attached hydrogens (tertiary/aromatic N) is 1. The molecule has 6 nitrogen and oxygen atoms in total. The van der Waals surface area contributed by atoms with Gasteiger partial charge in [-0.15, -0.1) is 0 Å². The van der Waals surface area contributed by atoms with Crippen molar-refractivity contribution in [1.82, 2.24) is 0 Å². The Morgan fingerprint density at radius 3 is 2.68 bits per heavy atom. The van der Waals surface area contributed by atoms with Crippen LogP contribution in [0.2, 0.25) is 0 Å². The van der Waals surface area contributed by atoms with Crippen molar-refractivity contribution in [3.05, 3.63) is 65.9 Å². The van der Waals surface area contributed by atoms with Gasteiger partial charge in [-0.3, -0.25) is 4.79 Å². The average molecular weight is 381 g/mol. The van der Waals surface area contributed by atoms with Crippen LogP contribution in [-0.2, 0) is 25.7 Å². The molecule has 146 valence electrons. The van der Waals surface area contributed by atoms with E-state index in [1.807, 2.05) is 48.5 Å². The Morgan fingerprint density at radius 1 is 1.14 bits per heavy atom. The Labute approximate surface area is 164 Å². The van der Waals surface area contributed by atoms with Crippen molar-refractivity contribution in [3.63, 3.8) is 0 Å². The molecule has 1 amide bonds. The fourth-order valence-electron chi connectivity index (χ4n) is 3.18. The van der Waals surface area contributed by atoms with Gasteiger partial charge in [0, 0.05) is 24.7 Å². The van der Waals surface area contributed by atoms with Crippen LogP contribution in [0.15, 0.2) is 54.8 Å². The number of methoxy groups -OCH3 is 2. The molecule has 1 saturated heterocycles. The first kappa shape index (κ1) is 19.5. The van der Waals surface area contributed by atoms with Gasteiger partial charge in [0.15, 0.2) is 0 Å². The molecule has 0 spiro atoms. The van der Waals surface area contributed by atoms with Crippen molar-refractivity contribution in [2.24, 2.45) is 0 Å². The standard InChI is InChI=1S/C22H23NO5/c1-26-15-20(22(25)27-2)19-10-4-3-7-16(19)14-28-18-9-5-8-17(13-18)23-12-6-11-21(23)24/h3-5,7-10,13,15H,6,11-12,14H2,1-2H3/b20-15+. The van der Waals surface area contributed by atoms with Gasteiger partial charge in [0.25, 0.3) is 0 Å². The maximum absolute atomic E-state index is 12.1. The van der Waals surface area contributed by atoms with Crippen molar-refractivity contribution in [2.75, 3.05) is 25.7 Å². The summed E-state index contributed by atoms with van der Waals surface area (Å²) in [6.07, 6.45) is 2.82. The molecule has 2 aromatic carbocycles. The quantitative estimate of drug-likeness (QED) is 0.417. The van der Waals surface area contributed by atoms with Gasteiger partial charge in [-0.25, -0.2) is 4.79 Å². The summed E-state index contributed by atoms with van der Waals surface area (Å²) < 4.78 is 15.8. The Bertz CT molecular complexity index is 890. The van der Waals surface area contributed by atoms with Crippen molar-refractivity contribution < 1.29 is 23.8 Å². The Balaban J connectivity index is 1.79. The van der Waals surface area contributed by atoms with E-state index in [9.17, 15) is 9.59 Å². The first-order valence-corrected chi connectivity index (χ1v) is 9.07. The maximum atomic E-state index is 12.1. The fraction of sp³-hybridized carbons (Fsp3) is 0.273. The largest absolute Gasteiger partial charge is 0.503 e. The van der Waals surface area contributed by atoms with Crippen LogP contribution in [0.25, 0.3) is 5.57 Å². The number of rotatable bonds is 7. The summed E-state index contributed by atoms with van der Waals surface area (Å²) in [5.74, 6) is 0.307. The number of hydrogen-bond donors (Lipinski definition) is 0. The van der Waals surface area contributed by atoms with Gasteiger partial charge in [-0.2, -0.15) is 0 Å². The summed E-state index contributed by atoms with van der Waals surface area (Å²) in [5.41, 5.74) is 2.66. The lowest BCUT2D eigenvalue weighted by Gasteiger charge is -2.17. The minimum atomic E-state index is -0.483. The highest BCUT2D eigenvalue weighted by Gasteiger charge is 2.22. The third kappa shape index (κ3) is 4.34. The average Bonchev–Trinajstić information content (AvgIpc) is 3.16. The normalized spacial score (nSPS) is 14.1. The summed E-state index contributed by atoms with van der Waals surface area (Å²) in [5, 5.41) is 0. The molecule has 28 heavy (non-hydrogen) atoms. The van der Waals surface area contributed by atoms with Crippen LogP contribution in [0.3, 0.4) is 0 Å². The van der Waals surface area contributed by atoms with Gasteiger partial charge in [-0.1, -0.05) is 30.3 Å². The van der Waals surface area contributed by atoms with E-state index in [-0.39, 0.29) is 12.5 Å². The van der Waals surface area contributed by atoms with Crippen LogP contribution in [-0.4, -0.2) is 32.6 Å². The van der Waals surface area contributed by atoms with Crippen LogP contribution in [0.4, 0.5) is 5.69 Å². The molecule has 0 N–H and O–H groups in total. The van der Waals surface area contributed by atoms with Gasteiger partial charge in [-0.05, 0) is 29.7 Å². The van der Waals surface area contributed by atoms with Crippen molar-refractivity contribution >= 4 is 23.1 Å². The predicted octanol–water partition coefficient (Wildman–Crippen LogP) is 3.55. The van der Waals surface area contributed by atoms with E-state index in [0.29, 0.717) is 23.3 Å². The van der Waals surface area contributed by atoms with E-state index in [1.165, 1.54) is 20.5 Å². The number of ether oxygens (including phenoxy) is 3. The number of amides is 1. The number of benzene rings is 2. The van der Waals surface area contributed by atoms with E-state index in [0.717, 1.165) is 24.2 Å². The van der Waals surface area contributed by atoms with Gasteiger partial charge in [0.1, 0.15) is 17.9 Å². The summed E-state index contributed by atoms with van der Waals surface area (Å²) in [7, 11) is 2.81. The van der Waals surface area contributed by atoms with Crippen molar-refractivity contribution in [2.45, 2.75) is 19.4 Å². The molecule has 6 heteroatoms. The Hall–Kier alpha value is -3.28. The molecule has 0 bridgehead atoms. The van der Waals surface area contributed by atoms with Crippen molar-refractivity contribution in [3.8, 4) is 5.75 Å². The topological polar surface area (TPSA) is 65.1 Å². The van der Waals surface area contributed by atoms with Crippen LogP contribution >= 0.6 is 0 Å². The summed E-state index contributed by atoms with van der Waals surface area (Å²) in [6.45, 7) is 0.987. The smallest absolute Gasteiger partial charge is 0.341 e. The van der Waals surface area contributed by atoms with Gasteiger partial charge in [0.05, 0.1) is 20.5 Å². The second-order valence-corrected chi connectivity index (χ2v) is 6.35. The molecule has 0 saturated carbocycles. The number of carbonyl (C=O) groups is 2. The molecule has 2 aromatic rings. The lowest BCUT2D eigenvalue weighted by Crippen LogP contribution is -2.23. The highest BCUT2D eigenvalue weighted by atomic mass is 16.5. The molecule has 3 rings (SSSR count). The SMILES string of the molecule is CO/C=C(/C(=O)OC)c1ccccc1COc1cccc(N2CCCC2=O)c1. The summed E-state index contributed by atoms with van der Waals surface area (Å²) in [4.78, 5) is 25.8. The highest BCUT2D eigenvalue weighted by molar-refractivity contribution is 6.16. The minimum Gasteiger partial charge on any atom is -0.503 e. The zero-order chi connectivity index (χ0) is 19.9. The van der Waals surface area contributed by atoms with Crippen molar-refractivity contribution in [1.29, 1.82) is 0 Å². The van der Waals surface area contributed by atoms with E-state index >= 15 is 0 Å². The van der Waals surface area contributed by atoms with E-state index in [4.69, 9.17) is 14.2 Å². The molecule has 1 aliphatic rings. The van der Waals surface area contributed by atoms with Crippen LogP contribution in [0.5, 0.6) is 5.75 Å². The Morgan fingerprint density at radius 2 is 1.96 bits per heavy atom. The first-order chi connectivity index (χ1) is 13.6. The highest BCUT2D eigenvalue weighted by Crippen LogP contribution is 2.27. The molecule has 0 unspecified atom stereocenters. The number of anilines is 1. The monoisotopic (exact) mass is 381 g/mol. The predicted molar refractivity (Wildman–Crippen MR) is 106 cm³/mol. The lowest BCUT2D eigenvalue weighted by molar-refractivity contribution is -0.133. The van der Waals surface area contributed by atoms with E-state index in [1.54, 1.807) is 4.90 Å². The molecule has 1 aliphatic heterocycles. The molecule has 1 heterocycles. The van der Waals surface area contributed by atoms with Crippen LogP contribution in [0.1, 0.15) is 24.0 Å². The maximum Gasteiger partial charge on any atom is 0.341 e. The minimum absolute atomic E-state index is 0.134. The summed E-state index contributed by atoms with van der Waals surface area (Å²) >= 11 is 0. The molecule has 1 fully saturated rings. The summed E-state index contributed by atoms with van der Waals surface area (Å²) in [6, 6.07) is 14.9. The third-order valence-corrected chi connectivity index (χ3v) is 4.55. The zero-order valence-electron chi connectivity index (χ0n) is 16.0. The second-order valence-electron chi connectivity index (χ2n) is 6.35. The van der Waals surface area contributed by atoms with Crippen LogP contribution < -0.4 is 9.64 Å². The second kappa shape index (κ2) is 9.08. The Kier molecular flexibility index (Phi) is 6.32. The van der Waals surface area contributed by atoms with Crippen LogP contribution in [0, 0.1) is 0 Å². The van der Waals surface area contributed by atoms with E-state index in [2.05, 4.69) is 0 Å². The molecular formula is C22H23NO5. The fourth-order valence-corrected chi connectivity index (χ4v) is 3.18. The zero-order valence-corrected chi connectivity index (χ0v) is 16.0. The van der Waals surface area contributed by atoms with Gasteiger partial charge >= 0.3 is 5.97 Å².